The molecule has 0 spiro atoms. The van der Waals surface area contributed by atoms with Crippen molar-refractivity contribution in [3.05, 3.63) is 28.0 Å². The second-order valence-corrected chi connectivity index (χ2v) is 3.25. The van der Waals surface area contributed by atoms with Crippen LogP contribution in [0, 0.1) is 12.5 Å². The number of aryl methyl sites for hydroxylation is 1. The van der Waals surface area contributed by atoms with Gasteiger partial charge in [-0.15, -0.1) is 16.5 Å². The fraction of sp³-hybridized carbons (Fsp3) is 0.125. The van der Waals surface area contributed by atoms with Gasteiger partial charge < -0.3 is 0 Å². The first-order valence-electron chi connectivity index (χ1n) is 3.37. The van der Waals surface area contributed by atoms with E-state index in [9.17, 15) is 4.79 Å². The molecule has 62 valence electrons. The summed E-state index contributed by atoms with van der Waals surface area (Å²) >= 11 is 1.56. The summed E-state index contributed by atoms with van der Waals surface area (Å²) in [5.41, 5.74) is 7.58. The largest absolute Gasteiger partial charge is 0.287 e. The zero-order valence-corrected chi connectivity index (χ0v) is 7.39. The Morgan fingerprint density at radius 2 is 2.50 bits per heavy atom. The minimum atomic E-state index is -0.527. The molecule has 0 atom stereocenters. The van der Waals surface area contributed by atoms with Crippen LogP contribution < -0.4 is 0 Å². The average Bonchev–Trinajstić information content (AvgIpc) is 2.47. The van der Waals surface area contributed by atoms with Gasteiger partial charge in [0.05, 0.1) is 0 Å². The molecular formula is C8H8N2OS. The van der Waals surface area contributed by atoms with Crippen LogP contribution in [0.2, 0.25) is 0 Å². The van der Waals surface area contributed by atoms with E-state index >= 15 is 0 Å². The number of carbonyl (C=O) groups is 1. The molecule has 0 aliphatic heterocycles. The maximum absolute atomic E-state index is 10.6. The molecule has 0 unspecified atom stereocenters. The second-order valence-electron chi connectivity index (χ2n) is 2.31. The first-order valence-corrected chi connectivity index (χ1v) is 4.25. The van der Waals surface area contributed by atoms with Crippen LogP contribution in [0.15, 0.2) is 22.6 Å². The molecule has 0 radical (unpaired) electrons. The molecule has 1 aromatic heterocycles. The molecule has 1 amide bonds. The Labute approximate surface area is 74.2 Å². The standard InChI is InChI=1S/C8H8N2OS/c1-6-4-7(12-5-6)2-3-8(11)10-9/h2-5,9H,1H3/b3-2+,10-9?. The number of carbonyl (C=O) groups excluding carboxylic acids is 1. The van der Waals surface area contributed by atoms with E-state index in [1.165, 1.54) is 11.6 Å². The first kappa shape index (κ1) is 8.80. The van der Waals surface area contributed by atoms with Gasteiger partial charge >= 0.3 is 0 Å². The van der Waals surface area contributed by atoms with E-state index < -0.39 is 5.91 Å². The third-order valence-electron chi connectivity index (χ3n) is 1.25. The highest BCUT2D eigenvalue weighted by Crippen LogP contribution is 2.14. The van der Waals surface area contributed by atoms with Crippen LogP contribution in [-0.2, 0) is 4.79 Å². The van der Waals surface area contributed by atoms with Gasteiger partial charge in [0.15, 0.2) is 0 Å². The third-order valence-corrected chi connectivity index (χ3v) is 2.27. The smallest absolute Gasteiger partial charge is 0.266 e. The molecule has 3 nitrogen and oxygen atoms in total. The summed E-state index contributed by atoms with van der Waals surface area (Å²) in [7, 11) is 0. The van der Waals surface area contributed by atoms with Gasteiger partial charge in [0, 0.05) is 11.0 Å². The number of thiophene rings is 1. The van der Waals surface area contributed by atoms with Crippen molar-refractivity contribution < 1.29 is 4.79 Å². The van der Waals surface area contributed by atoms with Crippen LogP contribution in [0.1, 0.15) is 10.4 Å². The summed E-state index contributed by atoms with van der Waals surface area (Å²) in [5.74, 6) is -0.527. The molecule has 1 aromatic rings. The zero-order valence-electron chi connectivity index (χ0n) is 6.57. The van der Waals surface area contributed by atoms with Crippen molar-refractivity contribution in [2.24, 2.45) is 5.11 Å². The Kier molecular flexibility index (Phi) is 2.88. The predicted octanol–water partition coefficient (Wildman–Crippen LogP) is 2.63. The van der Waals surface area contributed by atoms with Crippen LogP contribution in [0.3, 0.4) is 0 Å². The van der Waals surface area contributed by atoms with E-state index in [0.717, 1.165) is 4.88 Å². The topological polar surface area (TPSA) is 53.3 Å². The summed E-state index contributed by atoms with van der Waals surface area (Å²) in [4.78, 5) is 11.6. The minimum Gasteiger partial charge on any atom is -0.266 e. The lowest BCUT2D eigenvalue weighted by Crippen LogP contribution is -1.80. The molecule has 0 fully saturated rings. The maximum atomic E-state index is 10.6. The van der Waals surface area contributed by atoms with Crippen LogP contribution in [0.25, 0.3) is 6.08 Å². The molecule has 0 bridgehead atoms. The van der Waals surface area contributed by atoms with Gasteiger partial charge in [-0.25, -0.2) is 5.53 Å². The molecule has 0 aliphatic rings. The monoisotopic (exact) mass is 180 g/mol. The Hall–Kier alpha value is -1.29. The minimum absolute atomic E-state index is 0.527. The van der Waals surface area contributed by atoms with E-state index in [1.54, 1.807) is 17.4 Å². The van der Waals surface area contributed by atoms with Crippen LogP contribution >= 0.6 is 11.3 Å². The number of hydrogen-bond acceptors (Lipinski definition) is 3. The van der Waals surface area contributed by atoms with Gasteiger partial charge in [0.2, 0.25) is 0 Å². The van der Waals surface area contributed by atoms with Crippen molar-refractivity contribution in [2.45, 2.75) is 6.92 Å². The number of nitrogens with one attached hydrogen (secondary N) is 1. The molecular weight excluding hydrogens is 172 g/mol. The highest BCUT2D eigenvalue weighted by atomic mass is 32.1. The van der Waals surface area contributed by atoms with Gasteiger partial charge in [-0.3, -0.25) is 4.79 Å². The molecule has 1 heterocycles. The number of rotatable bonds is 2. The molecule has 0 aliphatic carbocycles. The second kappa shape index (κ2) is 3.92. The quantitative estimate of drug-likeness (QED) is 0.552. The molecule has 4 heteroatoms. The Morgan fingerprint density at radius 1 is 1.75 bits per heavy atom. The lowest BCUT2D eigenvalue weighted by Gasteiger charge is -1.80. The van der Waals surface area contributed by atoms with Crippen molar-refractivity contribution >= 4 is 23.3 Å². The fourth-order valence-corrected chi connectivity index (χ4v) is 1.52. The maximum Gasteiger partial charge on any atom is 0.287 e. The molecule has 1 rings (SSSR count). The van der Waals surface area contributed by atoms with E-state index in [2.05, 4.69) is 5.11 Å². The number of hydrogen-bond donors (Lipinski definition) is 1. The molecule has 0 saturated carbocycles. The van der Waals surface area contributed by atoms with Gasteiger partial charge in [-0.2, -0.15) is 0 Å². The predicted molar refractivity (Wildman–Crippen MR) is 48.2 cm³/mol. The fourth-order valence-electron chi connectivity index (χ4n) is 0.732. The number of amides is 1. The molecule has 0 aromatic carbocycles. The normalized spacial score (nSPS) is 10.4. The van der Waals surface area contributed by atoms with Crippen molar-refractivity contribution in [1.29, 1.82) is 5.53 Å². The number of nitrogens with zero attached hydrogens (tertiary/aromatic N) is 1. The molecule has 1 N–H and O–H groups in total. The van der Waals surface area contributed by atoms with Crippen molar-refractivity contribution in [1.82, 2.24) is 0 Å². The van der Waals surface area contributed by atoms with Crippen molar-refractivity contribution in [2.75, 3.05) is 0 Å². The van der Waals surface area contributed by atoms with Crippen LogP contribution in [0.5, 0.6) is 0 Å². The highest BCUT2D eigenvalue weighted by Gasteiger charge is 1.92. The Bertz CT molecular complexity index is 328. The van der Waals surface area contributed by atoms with Gasteiger partial charge in [0.1, 0.15) is 0 Å². The SMILES string of the molecule is Cc1csc(/C=C/C(=O)N=N)c1. The summed E-state index contributed by atoms with van der Waals surface area (Å²) in [6.45, 7) is 1.99. The van der Waals surface area contributed by atoms with E-state index in [4.69, 9.17) is 5.53 Å². The first-order chi connectivity index (χ1) is 5.72. The summed E-state index contributed by atoms with van der Waals surface area (Å²) < 4.78 is 0. The van der Waals surface area contributed by atoms with E-state index in [0.29, 0.717) is 0 Å². The summed E-state index contributed by atoms with van der Waals surface area (Å²) in [6, 6.07) is 1.97. The van der Waals surface area contributed by atoms with Gasteiger partial charge in [0.25, 0.3) is 5.91 Å². The van der Waals surface area contributed by atoms with Crippen LogP contribution in [-0.4, -0.2) is 5.91 Å². The van der Waals surface area contributed by atoms with Crippen molar-refractivity contribution in [3.8, 4) is 0 Å². The average molecular weight is 180 g/mol. The Morgan fingerprint density at radius 3 is 3.00 bits per heavy atom. The van der Waals surface area contributed by atoms with E-state index in [1.807, 2.05) is 18.4 Å². The molecule has 12 heavy (non-hydrogen) atoms. The highest BCUT2D eigenvalue weighted by molar-refractivity contribution is 7.11. The van der Waals surface area contributed by atoms with Gasteiger partial charge in [-0.05, 0) is 30.0 Å². The van der Waals surface area contributed by atoms with Gasteiger partial charge in [-0.1, -0.05) is 0 Å². The third kappa shape index (κ3) is 2.39. The summed E-state index contributed by atoms with van der Waals surface area (Å²) in [6.07, 6.45) is 2.95. The lowest BCUT2D eigenvalue weighted by atomic mass is 10.3. The van der Waals surface area contributed by atoms with E-state index in [-0.39, 0.29) is 0 Å². The zero-order chi connectivity index (χ0) is 8.97. The van der Waals surface area contributed by atoms with Crippen LogP contribution in [0.4, 0.5) is 0 Å². The summed E-state index contributed by atoms with van der Waals surface area (Å²) in [5, 5.41) is 4.74. The molecule has 0 saturated heterocycles. The Balaban J connectivity index is 2.69. The lowest BCUT2D eigenvalue weighted by molar-refractivity contribution is -0.114. The van der Waals surface area contributed by atoms with Crippen molar-refractivity contribution in [3.63, 3.8) is 0 Å².